The van der Waals surface area contributed by atoms with Gasteiger partial charge in [-0.3, -0.25) is 14.8 Å². The third-order valence-corrected chi connectivity index (χ3v) is 8.78. The average molecular weight is 588 g/mol. The molecule has 2 aliphatic rings. The largest absolute Gasteiger partial charge is 0.497 e. The van der Waals surface area contributed by atoms with Gasteiger partial charge in [0.05, 0.1) is 25.8 Å². The smallest absolute Gasteiger partial charge is 0.190 e. The number of pyridine rings is 1. The number of morpholine rings is 1. The molecule has 0 unspecified atom stereocenters. The first-order valence-electron chi connectivity index (χ1n) is 14.7. The zero-order valence-electron chi connectivity index (χ0n) is 24.2. The van der Waals surface area contributed by atoms with Crippen LogP contribution in [0.3, 0.4) is 0 Å². The first-order valence-corrected chi connectivity index (χ1v) is 14.7. The number of methoxy groups -OCH3 is 1. The van der Waals surface area contributed by atoms with Crippen LogP contribution in [0.1, 0.15) is 36.8 Å². The van der Waals surface area contributed by atoms with E-state index in [0.717, 1.165) is 94.7 Å². The Hall–Kier alpha value is -2.92. The van der Waals surface area contributed by atoms with Gasteiger partial charge in [0.2, 0.25) is 0 Å². The van der Waals surface area contributed by atoms with Crippen LogP contribution in [0.5, 0.6) is 11.5 Å². The topological polar surface area (TPSA) is 67.3 Å². The molecule has 42 heavy (non-hydrogen) atoms. The van der Waals surface area contributed by atoms with Crippen molar-refractivity contribution in [1.29, 1.82) is 0 Å². The minimum Gasteiger partial charge on any atom is -0.497 e. The summed E-state index contributed by atoms with van der Waals surface area (Å²) in [4.78, 5) is 9.33. The number of ether oxygens (including phenoxy) is 3. The second-order valence-electron chi connectivity index (χ2n) is 11.4. The number of nitrogens with zero attached hydrogens (tertiary/aromatic N) is 3. The van der Waals surface area contributed by atoms with Crippen molar-refractivity contribution in [1.82, 2.24) is 14.8 Å². The van der Waals surface area contributed by atoms with E-state index in [9.17, 15) is 18.3 Å². The molecule has 10 heteroatoms. The van der Waals surface area contributed by atoms with E-state index in [1.807, 2.05) is 18.3 Å². The second-order valence-corrected chi connectivity index (χ2v) is 11.4. The van der Waals surface area contributed by atoms with E-state index in [1.165, 1.54) is 11.1 Å². The summed E-state index contributed by atoms with van der Waals surface area (Å²) in [6, 6.07) is 7.25. The Morgan fingerprint density at radius 3 is 2.43 bits per heavy atom. The van der Waals surface area contributed by atoms with Crippen LogP contribution in [0.4, 0.5) is 13.2 Å². The Morgan fingerprint density at radius 1 is 1.00 bits per heavy atom. The summed E-state index contributed by atoms with van der Waals surface area (Å²) >= 11 is 0. The van der Waals surface area contributed by atoms with Crippen molar-refractivity contribution >= 4 is 10.9 Å². The summed E-state index contributed by atoms with van der Waals surface area (Å²) in [7, 11) is 1.68. The summed E-state index contributed by atoms with van der Waals surface area (Å²) in [6.07, 6.45) is 6.36. The average Bonchev–Trinajstić information content (AvgIpc) is 3.00. The lowest BCUT2D eigenvalue weighted by atomic mass is 9.75. The number of benzene rings is 2. The summed E-state index contributed by atoms with van der Waals surface area (Å²) in [6.45, 7) is 6.34. The van der Waals surface area contributed by atoms with Crippen LogP contribution >= 0.6 is 0 Å². The minimum atomic E-state index is -1.04. The first kappa shape index (κ1) is 30.5. The van der Waals surface area contributed by atoms with Gasteiger partial charge >= 0.3 is 0 Å². The van der Waals surface area contributed by atoms with Crippen LogP contribution in [0.25, 0.3) is 10.9 Å². The van der Waals surface area contributed by atoms with Crippen LogP contribution in [-0.2, 0) is 17.7 Å². The highest BCUT2D eigenvalue weighted by Crippen LogP contribution is 2.37. The highest BCUT2D eigenvalue weighted by molar-refractivity contribution is 5.84. The Labute approximate surface area is 245 Å². The van der Waals surface area contributed by atoms with E-state index in [-0.39, 0.29) is 18.6 Å². The van der Waals surface area contributed by atoms with Crippen molar-refractivity contribution in [3.05, 3.63) is 65.1 Å². The number of likely N-dealkylation sites (tertiary alicyclic amines) is 1. The molecular formula is C32H40F3N3O4. The summed E-state index contributed by atoms with van der Waals surface area (Å²) < 4.78 is 57.3. The molecule has 0 spiro atoms. The number of aliphatic hydroxyl groups excluding tert-OH is 1. The number of fused-ring (bicyclic) bond motifs is 1. The number of hydrogen-bond donors (Lipinski definition) is 1. The van der Waals surface area contributed by atoms with E-state index in [1.54, 1.807) is 7.11 Å². The van der Waals surface area contributed by atoms with Crippen LogP contribution in [-0.4, -0.2) is 86.2 Å². The van der Waals surface area contributed by atoms with Gasteiger partial charge in [-0.05, 0) is 79.9 Å². The lowest BCUT2D eigenvalue weighted by Crippen LogP contribution is -2.43. The molecule has 2 saturated heterocycles. The number of piperidine rings is 1. The fraction of sp³-hybridized carbons (Fsp3) is 0.531. The maximum atomic E-state index is 13.9. The zero-order chi connectivity index (χ0) is 29.5. The molecule has 3 aromatic rings. The predicted molar refractivity (Wildman–Crippen MR) is 154 cm³/mol. The van der Waals surface area contributed by atoms with Crippen molar-refractivity contribution in [3.8, 4) is 11.5 Å². The van der Waals surface area contributed by atoms with E-state index in [2.05, 4.69) is 15.9 Å². The second kappa shape index (κ2) is 14.0. The fourth-order valence-corrected chi connectivity index (χ4v) is 6.15. The van der Waals surface area contributed by atoms with E-state index in [0.29, 0.717) is 18.7 Å². The quantitative estimate of drug-likeness (QED) is 0.321. The zero-order valence-corrected chi connectivity index (χ0v) is 24.2. The number of aromatic nitrogens is 1. The van der Waals surface area contributed by atoms with Crippen molar-refractivity contribution in [2.45, 2.75) is 38.6 Å². The molecular weight excluding hydrogens is 547 g/mol. The van der Waals surface area contributed by atoms with Crippen molar-refractivity contribution in [2.24, 2.45) is 5.41 Å². The number of aryl methyl sites for hydroxylation is 1. The monoisotopic (exact) mass is 587 g/mol. The molecule has 7 nitrogen and oxygen atoms in total. The van der Waals surface area contributed by atoms with Gasteiger partial charge in [-0.2, -0.15) is 0 Å². The van der Waals surface area contributed by atoms with Gasteiger partial charge < -0.3 is 19.3 Å². The Balaban J connectivity index is 1.19. The van der Waals surface area contributed by atoms with Crippen LogP contribution in [0.15, 0.2) is 36.5 Å². The van der Waals surface area contributed by atoms with Gasteiger partial charge in [0, 0.05) is 56.5 Å². The maximum Gasteiger partial charge on any atom is 0.190 e. The summed E-state index contributed by atoms with van der Waals surface area (Å²) in [5.41, 5.74) is 3.29. The SMILES string of the molecule is COc1ccc2ncc(CN3CCOCC3)c(CCCC3(CO)CCN(CCOc4c(F)cc(F)cc4F)CC3)c2c1. The van der Waals surface area contributed by atoms with Crippen LogP contribution in [0.2, 0.25) is 0 Å². The summed E-state index contributed by atoms with van der Waals surface area (Å²) in [5, 5.41) is 11.6. The molecule has 228 valence electrons. The molecule has 2 aliphatic heterocycles. The molecule has 0 atom stereocenters. The molecule has 0 amide bonds. The van der Waals surface area contributed by atoms with Gasteiger partial charge in [0.25, 0.3) is 0 Å². The van der Waals surface area contributed by atoms with Gasteiger partial charge in [0.1, 0.15) is 18.2 Å². The van der Waals surface area contributed by atoms with E-state index in [4.69, 9.17) is 19.2 Å². The van der Waals surface area contributed by atoms with Crippen molar-refractivity contribution < 1.29 is 32.5 Å². The number of halogens is 3. The van der Waals surface area contributed by atoms with Gasteiger partial charge in [0.15, 0.2) is 17.4 Å². The first-order chi connectivity index (χ1) is 20.4. The molecule has 1 N–H and O–H groups in total. The Kier molecular flexibility index (Phi) is 10.2. The number of aliphatic hydroxyl groups is 1. The van der Waals surface area contributed by atoms with Gasteiger partial charge in [-0.1, -0.05) is 0 Å². The molecule has 3 heterocycles. The minimum absolute atomic E-state index is 0.0933. The van der Waals surface area contributed by atoms with E-state index >= 15 is 0 Å². The lowest BCUT2D eigenvalue weighted by Gasteiger charge is -2.41. The highest BCUT2D eigenvalue weighted by atomic mass is 19.1. The van der Waals surface area contributed by atoms with Crippen molar-refractivity contribution in [2.75, 3.05) is 66.3 Å². The molecule has 2 aromatic carbocycles. The van der Waals surface area contributed by atoms with Crippen molar-refractivity contribution in [3.63, 3.8) is 0 Å². The van der Waals surface area contributed by atoms with Gasteiger partial charge in [-0.15, -0.1) is 0 Å². The molecule has 0 saturated carbocycles. The Bertz CT molecular complexity index is 1320. The molecule has 0 bridgehead atoms. The van der Waals surface area contributed by atoms with Gasteiger partial charge in [-0.25, -0.2) is 13.2 Å². The molecule has 1 aromatic heterocycles. The maximum absolute atomic E-state index is 13.9. The molecule has 0 aliphatic carbocycles. The highest BCUT2D eigenvalue weighted by Gasteiger charge is 2.33. The third kappa shape index (κ3) is 7.34. The molecule has 2 fully saturated rings. The van der Waals surface area contributed by atoms with Crippen LogP contribution in [0, 0.1) is 22.9 Å². The Morgan fingerprint density at radius 2 is 1.74 bits per heavy atom. The summed E-state index contributed by atoms with van der Waals surface area (Å²) in [5.74, 6) is -2.80. The fourth-order valence-electron chi connectivity index (χ4n) is 6.15. The predicted octanol–water partition coefficient (Wildman–Crippen LogP) is 4.97. The normalized spacial score (nSPS) is 17.9. The molecule has 0 radical (unpaired) electrons. The standard InChI is InChI=1S/C32H40F3N3O4/c1-40-25-4-5-30-27(19-25)26(23(20-36-30)21-38-11-14-41-15-12-38)3-2-6-32(22-39)7-9-37(10-8-32)13-16-42-31-28(34)17-24(33)18-29(31)35/h4-5,17-20,39H,2-3,6-16,21-22H2,1H3. The molecule has 5 rings (SSSR count). The van der Waals surface area contributed by atoms with E-state index < -0.39 is 23.2 Å². The third-order valence-electron chi connectivity index (χ3n) is 8.78. The number of hydrogen-bond acceptors (Lipinski definition) is 7. The lowest BCUT2D eigenvalue weighted by molar-refractivity contribution is 0.0310. The number of rotatable bonds is 12. The van der Waals surface area contributed by atoms with Crippen LogP contribution < -0.4 is 9.47 Å².